The third kappa shape index (κ3) is 2.39. The van der Waals surface area contributed by atoms with Gasteiger partial charge < -0.3 is 9.47 Å². The SMILES string of the molecule is CN(C(=O)c1cc2c(F)cccc2n1C)C1CCS(=O)(=O)C1. The molecule has 22 heavy (non-hydrogen) atoms. The molecule has 1 atom stereocenters. The Morgan fingerprint density at radius 3 is 2.73 bits per heavy atom. The molecule has 2 aromatic rings. The van der Waals surface area contributed by atoms with Gasteiger partial charge in [0.05, 0.1) is 17.0 Å². The first-order valence-corrected chi connectivity index (χ1v) is 8.84. The zero-order chi connectivity index (χ0) is 16.1. The van der Waals surface area contributed by atoms with Gasteiger partial charge in [-0.2, -0.15) is 0 Å². The molecular weight excluding hydrogens is 307 g/mol. The molecule has 7 heteroatoms. The highest BCUT2D eigenvalue weighted by Gasteiger charge is 2.33. The Balaban J connectivity index is 1.96. The molecular formula is C15H17FN2O3S. The Labute approximate surface area is 128 Å². The van der Waals surface area contributed by atoms with Crippen LogP contribution in [-0.2, 0) is 16.9 Å². The molecule has 2 heterocycles. The molecule has 0 bridgehead atoms. The maximum atomic E-state index is 13.8. The first-order valence-electron chi connectivity index (χ1n) is 7.02. The van der Waals surface area contributed by atoms with Crippen molar-refractivity contribution in [2.24, 2.45) is 7.05 Å². The van der Waals surface area contributed by atoms with E-state index in [4.69, 9.17) is 0 Å². The van der Waals surface area contributed by atoms with Crippen molar-refractivity contribution in [2.75, 3.05) is 18.6 Å². The number of nitrogens with zero attached hydrogens (tertiary/aromatic N) is 2. The molecule has 1 fully saturated rings. The van der Waals surface area contributed by atoms with Crippen molar-refractivity contribution in [2.45, 2.75) is 12.5 Å². The Kier molecular flexibility index (Phi) is 3.47. The minimum atomic E-state index is -3.06. The molecule has 0 N–H and O–H groups in total. The van der Waals surface area contributed by atoms with Crippen LogP contribution in [0.15, 0.2) is 24.3 Å². The summed E-state index contributed by atoms with van der Waals surface area (Å²) >= 11 is 0. The van der Waals surface area contributed by atoms with Crippen LogP contribution in [0.4, 0.5) is 4.39 Å². The largest absolute Gasteiger partial charge is 0.340 e. The maximum absolute atomic E-state index is 13.8. The second-order valence-corrected chi connectivity index (χ2v) is 7.96. The molecule has 1 saturated heterocycles. The number of hydrogen-bond acceptors (Lipinski definition) is 3. The van der Waals surface area contributed by atoms with E-state index in [0.29, 0.717) is 23.0 Å². The van der Waals surface area contributed by atoms with Crippen molar-refractivity contribution in [1.82, 2.24) is 9.47 Å². The quantitative estimate of drug-likeness (QED) is 0.843. The van der Waals surface area contributed by atoms with Gasteiger partial charge in [0.25, 0.3) is 5.91 Å². The highest BCUT2D eigenvalue weighted by atomic mass is 32.2. The molecule has 0 radical (unpaired) electrons. The third-order valence-corrected chi connectivity index (χ3v) is 6.08. The van der Waals surface area contributed by atoms with E-state index in [0.717, 1.165) is 0 Å². The summed E-state index contributed by atoms with van der Waals surface area (Å²) in [5.74, 6) is -0.564. The average Bonchev–Trinajstić information content (AvgIpc) is 2.99. The number of aromatic nitrogens is 1. The Morgan fingerprint density at radius 2 is 2.14 bits per heavy atom. The Hall–Kier alpha value is -1.89. The second kappa shape index (κ2) is 5.08. The fourth-order valence-corrected chi connectivity index (χ4v) is 4.73. The number of aryl methyl sites for hydroxylation is 1. The first-order chi connectivity index (χ1) is 10.3. The van der Waals surface area contributed by atoms with E-state index in [1.165, 1.54) is 17.0 Å². The summed E-state index contributed by atoms with van der Waals surface area (Å²) < 4.78 is 38.6. The van der Waals surface area contributed by atoms with Crippen LogP contribution in [0.25, 0.3) is 10.9 Å². The minimum absolute atomic E-state index is 0.00640. The van der Waals surface area contributed by atoms with Crippen molar-refractivity contribution in [3.63, 3.8) is 0 Å². The molecule has 5 nitrogen and oxygen atoms in total. The second-order valence-electron chi connectivity index (χ2n) is 5.73. The van der Waals surface area contributed by atoms with E-state index in [1.54, 1.807) is 30.8 Å². The number of halogens is 1. The summed E-state index contributed by atoms with van der Waals surface area (Å²) in [6.45, 7) is 0. The molecule has 3 rings (SSSR count). The molecule has 118 valence electrons. The number of carbonyl (C=O) groups is 1. The number of amides is 1. The summed E-state index contributed by atoms with van der Waals surface area (Å²) in [6.07, 6.45) is 0.447. The number of fused-ring (bicyclic) bond motifs is 1. The van der Waals surface area contributed by atoms with Gasteiger partial charge in [0.1, 0.15) is 11.5 Å². The molecule has 1 aromatic carbocycles. The first kappa shape index (κ1) is 15.0. The van der Waals surface area contributed by atoms with E-state index in [2.05, 4.69) is 0 Å². The molecule has 1 amide bonds. The van der Waals surface area contributed by atoms with Crippen LogP contribution in [0.3, 0.4) is 0 Å². The van der Waals surface area contributed by atoms with Crippen LogP contribution >= 0.6 is 0 Å². The summed E-state index contributed by atoms with van der Waals surface area (Å²) in [6, 6.07) is 5.89. The average molecular weight is 324 g/mol. The fourth-order valence-electron chi connectivity index (χ4n) is 2.96. The highest BCUT2D eigenvalue weighted by molar-refractivity contribution is 7.91. The third-order valence-electron chi connectivity index (χ3n) is 4.33. The van der Waals surface area contributed by atoms with Crippen molar-refractivity contribution in [3.8, 4) is 0 Å². The molecule has 1 aromatic heterocycles. The van der Waals surface area contributed by atoms with Crippen LogP contribution < -0.4 is 0 Å². The summed E-state index contributed by atoms with van der Waals surface area (Å²) in [4.78, 5) is 14.1. The predicted molar refractivity (Wildman–Crippen MR) is 82.0 cm³/mol. The predicted octanol–water partition coefficient (Wildman–Crippen LogP) is 1.58. The van der Waals surface area contributed by atoms with Gasteiger partial charge in [-0.25, -0.2) is 12.8 Å². The topological polar surface area (TPSA) is 59.4 Å². The molecule has 1 aliphatic heterocycles. The van der Waals surface area contributed by atoms with Gasteiger partial charge >= 0.3 is 0 Å². The number of carbonyl (C=O) groups excluding carboxylic acids is 1. The number of rotatable bonds is 2. The standard InChI is InChI=1S/C15H17FN2O3S/c1-17(10-6-7-22(20,21)9-10)15(19)14-8-11-12(16)4-3-5-13(11)18(14)2/h3-5,8,10H,6-7,9H2,1-2H3. The van der Waals surface area contributed by atoms with Crippen LogP contribution in [0.1, 0.15) is 16.9 Å². The summed E-state index contributed by atoms with van der Waals surface area (Å²) in [7, 11) is 0.243. The van der Waals surface area contributed by atoms with Crippen LogP contribution in [0.5, 0.6) is 0 Å². The summed E-state index contributed by atoms with van der Waals surface area (Å²) in [5.41, 5.74) is 0.989. The normalized spacial score (nSPS) is 20.4. The van der Waals surface area contributed by atoms with E-state index >= 15 is 0 Å². The van der Waals surface area contributed by atoms with E-state index in [-0.39, 0.29) is 29.3 Å². The molecule has 0 aliphatic carbocycles. The van der Waals surface area contributed by atoms with Gasteiger partial charge in [0.15, 0.2) is 9.84 Å². The molecule has 1 unspecified atom stereocenters. The van der Waals surface area contributed by atoms with Crippen molar-refractivity contribution >= 4 is 26.6 Å². The van der Waals surface area contributed by atoms with Gasteiger partial charge in [0.2, 0.25) is 0 Å². The lowest BCUT2D eigenvalue weighted by molar-refractivity contribution is 0.0738. The van der Waals surface area contributed by atoms with Crippen LogP contribution in [0.2, 0.25) is 0 Å². The molecule has 0 spiro atoms. The van der Waals surface area contributed by atoms with E-state index in [1.807, 2.05) is 0 Å². The van der Waals surface area contributed by atoms with Gasteiger partial charge in [-0.1, -0.05) is 6.07 Å². The van der Waals surface area contributed by atoms with Gasteiger partial charge in [0, 0.05) is 25.5 Å². The lowest BCUT2D eigenvalue weighted by atomic mass is 10.2. The van der Waals surface area contributed by atoms with Gasteiger partial charge in [-0.05, 0) is 24.6 Å². The Morgan fingerprint density at radius 1 is 1.41 bits per heavy atom. The van der Waals surface area contributed by atoms with Crippen LogP contribution in [0, 0.1) is 5.82 Å². The van der Waals surface area contributed by atoms with Crippen LogP contribution in [-0.4, -0.2) is 48.4 Å². The summed E-state index contributed by atoms with van der Waals surface area (Å²) in [5, 5.41) is 0.390. The lowest BCUT2D eigenvalue weighted by Gasteiger charge is -2.23. The lowest BCUT2D eigenvalue weighted by Crippen LogP contribution is -2.38. The zero-order valence-electron chi connectivity index (χ0n) is 12.4. The van der Waals surface area contributed by atoms with Gasteiger partial charge in [-0.3, -0.25) is 4.79 Å². The maximum Gasteiger partial charge on any atom is 0.270 e. The smallest absolute Gasteiger partial charge is 0.270 e. The van der Waals surface area contributed by atoms with Crippen molar-refractivity contribution in [1.29, 1.82) is 0 Å². The van der Waals surface area contributed by atoms with Gasteiger partial charge in [-0.15, -0.1) is 0 Å². The number of benzene rings is 1. The monoisotopic (exact) mass is 324 g/mol. The van der Waals surface area contributed by atoms with E-state index in [9.17, 15) is 17.6 Å². The number of hydrogen-bond donors (Lipinski definition) is 0. The van der Waals surface area contributed by atoms with Crippen molar-refractivity contribution in [3.05, 3.63) is 35.8 Å². The molecule has 1 aliphatic rings. The minimum Gasteiger partial charge on any atom is -0.340 e. The zero-order valence-corrected chi connectivity index (χ0v) is 13.2. The van der Waals surface area contributed by atoms with Crippen molar-refractivity contribution < 1.29 is 17.6 Å². The van der Waals surface area contributed by atoms with E-state index < -0.39 is 9.84 Å². The Bertz CT molecular complexity index is 857. The fraction of sp³-hybridized carbons (Fsp3) is 0.400. The highest BCUT2D eigenvalue weighted by Crippen LogP contribution is 2.24. The number of sulfone groups is 1. The molecule has 0 saturated carbocycles.